The highest BCUT2D eigenvalue weighted by molar-refractivity contribution is 7.99. The highest BCUT2D eigenvalue weighted by Gasteiger charge is 2.18. The van der Waals surface area contributed by atoms with Gasteiger partial charge in [0, 0.05) is 34.4 Å². The first-order chi connectivity index (χ1) is 14.4. The molecule has 0 aliphatic heterocycles. The zero-order chi connectivity index (χ0) is 21.3. The van der Waals surface area contributed by atoms with Crippen LogP contribution < -0.4 is 0 Å². The van der Waals surface area contributed by atoms with E-state index in [1.54, 1.807) is 11.3 Å². The number of Topliss-reactive ketones (excluding diaryl/α,β-unsaturated/α-hetero) is 1. The monoisotopic (exact) mass is 436 g/mol. The molecule has 7 heteroatoms. The summed E-state index contributed by atoms with van der Waals surface area (Å²) in [6.07, 6.45) is 0. The van der Waals surface area contributed by atoms with Crippen molar-refractivity contribution in [3.05, 3.63) is 75.2 Å². The number of rotatable bonds is 7. The number of aryl methyl sites for hydroxylation is 2. The van der Waals surface area contributed by atoms with Gasteiger partial charge in [0.25, 0.3) is 0 Å². The maximum absolute atomic E-state index is 12.9. The van der Waals surface area contributed by atoms with E-state index in [9.17, 15) is 4.79 Å². The van der Waals surface area contributed by atoms with E-state index in [2.05, 4.69) is 58.3 Å². The number of aromatic nitrogens is 4. The largest absolute Gasteiger partial charge is 0.343 e. The Balaban J connectivity index is 1.47. The normalized spacial score (nSPS) is 11.2. The van der Waals surface area contributed by atoms with Gasteiger partial charge in [-0.15, -0.1) is 21.5 Å². The minimum Gasteiger partial charge on any atom is -0.343 e. The average molecular weight is 437 g/mol. The van der Waals surface area contributed by atoms with E-state index >= 15 is 0 Å². The molecule has 0 radical (unpaired) electrons. The summed E-state index contributed by atoms with van der Waals surface area (Å²) in [5.41, 5.74) is 5.14. The lowest BCUT2D eigenvalue weighted by molar-refractivity contribution is 0.102. The summed E-state index contributed by atoms with van der Waals surface area (Å²) in [7, 11) is 1.94. The Hall–Kier alpha value is -2.64. The first-order valence-electron chi connectivity index (χ1n) is 9.75. The summed E-state index contributed by atoms with van der Waals surface area (Å²) < 4.78 is 4.16. The summed E-state index contributed by atoms with van der Waals surface area (Å²) in [6.45, 7) is 6.95. The first kappa shape index (κ1) is 20.6. The number of ketones is 1. The molecule has 0 spiro atoms. The predicted molar refractivity (Wildman–Crippen MR) is 124 cm³/mol. The number of hydrogen-bond donors (Lipinski definition) is 0. The van der Waals surface area contributed by atoms with Crippen molar-refractivity contribution in [1.29, 1.82) is 0 Å². The summed E-state index contributed by atoms with van der Waals surface area (Å²) in [5, 5.41) is 11.4. The molecule has 0 saturated heterocycles. The SMILES string of the molecule is Cc1ccc(-c2nnc(SCC(=O)c3cc(C)n(Cc4cccs4)c3C)n2C)cc1. The molecule has 3 heterocycles. The van der Waals surface area contributed by atoms with Crippen LogP contribution in [0.5, 0.6) is 0 Å². The van der Waals surface area contributed by atoms with Gasteiger partial charge >= 0.3 is 0 Å². The number of thiophene rings is 1. The van der Waals surface area contributed by atoms with Gasteiger partial charge in [0.05, 0.1) is 12.3 Å². The Kier molecular flexibility index (Phi) is 5.92. The van der Waals surface area contributed by atoms with Crippen LogP contribution in [-0.4, -0.2) is 30.9 Å². The Labute approximate surface area is 184 Å². The lowest BCUT2D eigenvalue weighted by atomic mass is 10.1. The van der Waals surface area contributed by atoms with Gasteiger partial charge in [-0.25, -0.2) is 0 Å². The van der Waals surface area contributed by atoms with E-state index in [1.165, 1.54) is 22.2 Å². The molecule has 4 aromatic rings. The Bertz CT molecular complexity index is 1170. The molecule has 0 saturated carbocycles. The lowest BCUT2D eigenvalue weighted by Gasteiger charge is -2.08. The fourth-order valence-electron chi connectivity index (χ4n) is 3.49. The van der Waals surface area contributed by atoms with Crippen molar-refractivity contribution in [2.24, 2.45) is 7.05 Å². The van der Waals surface area contributed by atoms with Crippen molar-refractivity contribution in [3.8, 4) is 11.4 Å². The Morgan fingerprint density at radius 1 is 1.10 bits per heavy atom. The molecule has 0 bridgehead atoms. The molecule has 4 rings (SSSR count). The van der Waals surface area contributed by atoms with Crippen LogP contribution in [0.25, 0.3) is 11.4 Å². The number of nitrogens with zero attached hydrogens (tertiary/aromatic N) is 4. The van der Waals surface area contributed by atoms with Gasteiger partial charge < -0.3 is 9.13 Å². The molecule has 0 unspecified atom stereocenters. The van der Waals surface area contributed by atoms with Crippen molar-refractivity contribution in [3.63, 3.8) is 0 Å². The molecule has 0 N–H and O–H groups in total. The quantitative estimate of drug-likeness (QED) is 0.292. The number of carbonyl (C=O) groups excluding carboxylic acids is 1. The zero-order valence-corrected chi connectivity index (χ0v) is 19.2. The zero-order valence-electron chi connectivity index (χ0n) is 17.5. The van der Waals surface area contributed by atoms with E-state index in [1.807, 2.05) is 36.7 Å². The molecule has 0 fully saturated rings. The van der Waals surface area contributed by atoms with E-state index in [0.29, 0.717) is 5.75 Å². The minimum atomic E-state index is 0.116. The molecular formula is C23H24N4OS2. The Morgan fingerprint density at radius 3 is 2.57 bits per heavy atom. The van der Waals surface area contributed by atoms with Crippen molar-refractivity contribution in [2.45, 2.75) is 32.5 Å². The second-order valence-electron chi connectivity index (χ2n) is 7.39. The first-order valence-corrected chi connectivity index (χ1v) is 11.6. The third-order valence-corrected chi connectivity index (χ3v) is 7.13. The molecule has 1 aromatic carbocycles. The summed E-state index contributed by atoms with van der Waals surface area (Å²) in [4.78, 5) is 14.2. The maximum Gasteiger partial charge on any atom is 0.191 e. The second kappa shape index (κ2) is 8.62. The highest BCUT2D eigenvalue weighted by atomic mass is 32.2. The van der Waals surface area contributed by atoms with Crippen LogP contribution in [0, 0.1) is 20.8 Å². The predicted octanol–water partition coefficient (Wildman–Crippen LogP) is 5.29. The van der Waals surface area contributed by atoms with Crippen LogP contribution in [0.3, 0.4) is 0 Å². The van der Waals surface area contributed by atoms with Crippen molar-refractivity contribution < 1.29 is 4.79 Å². The molecule has 0 amide bonds. The molecule has 154 valence electrons. The van der Waals surface area contributed by atoms with Gasteiger partial charge in [-0.05, 0) is 38.3 Å². The fourth-order valence-corrected chi connectivity index (χ4v) is 4.97. The smallest absolute Gasteiger partial charge is 0.191 e. The molecular weight excluding hydrogens is 412 g/mol. The van der Waals surface area contributed by atoms with E-state index in [0.717, 1.165) is 40.0 Å². The van der Waals surface area contributed by atoms with Crippen molar-refractivity contribution >= 4 is 28.9 Å². The lowest BCUT2D eigenvalue weighted by Crippen LogP contribution is -2.07. The number of hydrogen-bond acceptors (Lipinski definition) is 5. The van der Waals surface area contributed by atoms with Gasteiger partial charge in [0.2, 0.25) is 0 Å². The van der Waals surface area contributed by atoms with Crippen LogP contribution in [0.15, 0.2) is 53.0 Å². The van der Waals surface area contributed by atoms with Crippen LogP contribution in [0.4, 0.5) is 0 Å². The summed E-state index contributed by atoms with van der Waals surface area (Å²) in [6, 6.07) is 14.4. The third-order valence-electron chi connectivity index (χ3n) is 5.25. The number of thioether (sulfide) groups is 1. The van der Waals surface area contributed by atoms with Crippen LogP contribution >= 0.6 is 23.1 Å². The molecule has 3 aromatic heterocycles. The molecule has 30 heavy (non-hydrogen) atoms. The molecule has 0 atom stereocenters. The van der Waals surface area contributed by atoms with Gasteiger partial charge in [-0.2, -0.15) is 0 Å². The number of benzene rings is 1. The molecule has 0 aliphatic carbocycles. The minimum absolute atomic E-state index is 0.116. The highest BCUT2D eigenvalue weighted by Crippen LogP contribution is 2.25. The van der Waals surface area contributed by atoms with Crippen LogP contribution in [0.1, 0.15) is 32.2 Å². The van der Waals surface area contributed by atoms with E-state index < -0.39 is 0 Å². The van der Waals surface area contributed by atoms with Gasteiger partial charge in [-0.3, -0.25) is 4.79 Å². The topological polar surface area (TPSA) is 52.7 Å². The summed E-state index contributed by atoms with van der Waals surface area (Å²) in [5.74, 6) is 1.26. The van der Waals surface area contributed by atoms with Crippen LogP contribution in [0.2, 0.25) is 0 Å². The van der Waals surface area contributed by atoms with Crippen molar-refractivity contribution in [2.75, 3.05) is 5.75 Å². The van der Waals surface area contributed by atoms with Crippen molar-refractivity contribution in [1.82, 2.24) is 19.3 Å². The Morgan fingerprint density at radius 2 is 1.87 bits per heavy atom. The molecule has 5 nitrogen and oxygen atoms in total. The molecule has 0 aliphatic rings. The maximum atomic E-state index is 12.9. The number of carbonyl (C=O) groups is 1. The summed E-state index contributed by atoms with van der Waals surface area (Å²) >= 11 is 3.17. The van der Waals surface area contributed by atoms with Gasteiger partial charge in [0.15, 0.2) is 16.8 Å². The van der Waals surface area contributed by atoms with Gasteiger partial charge in [-0.1, -0.05) is 47.7 Å². The van der Waals surface area contributed by atoms with Gasteiger partial charge in [0.1, 0.15) is 0 Å². The second-order valence-corrected chi connectivity index (χ2v) is 9.37. The standard InChI is InChI=1S/C23H24N4OS2/c1-15-7-9-18(10-8-15)22-24-25-23(26(22)4)30-14-21(28)20-12-16(2)27(17(20)3)13-19-6-5-11-29-19/h5-12H,13-14H2,1-4H3. The van der Waals surface area contributed by atoms with Crippen LogP contribution in [-0.2, 0) is 13.6 Å². The van der Waals surface area contributed by atoms with E-state index in [-0.39, 0.29) is 5.78 Å². The third kappa shape index (κ3) is 4.13. The van der Waals surface area contributed by atoms with E-state index in [4.69, 9.17) is 0 Å². The average Bonchev–Trinajstić information content (AvgIpc) is 3.44. The fraction of sp³-hybridized carbons (Fsp3) is 0.261.